The molecule has 2 aromatic carbocycles. The highest BCUT2D eigenvalue weighted by molar-refractivity contribution is 9.10. The number of hydrogen-bond acceptors (Lipinski definition) is 11. The zero-order valence-electron chi connectivity index (χ0n) is 33.4. The molecule has 0 radical (unpaired) electrons. The molecule has 4 aromatic rings. The van der Waals surface area contributed by atoms with E-state index in [1.165, 1.54) is 4.57 Å². The molecule has 0 unspecified atom stereocenters. The fraction of sp³-hybridized carbons (Fsp3) is 0.524. The number of benzene rings is 2. The zero-order chi connectivity index (χ0) is 41.4. The van der Waals surface area contributed by atoms with E-state index in [0.717, 1.165) is 34.3 Å². The summed E-state index contributed by atoms with van der Waals surface area (Å²) in [6, 6.07) is 7.89. The minimum Gasteiger partial charge on any atom is -0.491 e. The molecule has 1 saturated heterocycles. The first-order valence-corrected chi connectivity index (χ1v) is 20.5. The first kappa shape index (κ1) is 43.5. The quantitative estimate of drug-likeness (QED) is 0.104. The molecule has 4 heterocycles. The van der Waals surface area contributed by atoms with Crippen molar-refractivity contribution in [2.45, 2.75) is 71.8 Å². The van der Waals surface area contributed by atoms with Crippen molar-refractivity contribution in [1.29, 1.82) is 0 Å². The van der Waals surface area contributed by atoms with Gasteiger partial charge in [-0.1, -0.05) is 22.9 Å². The van der Waals surface area contributed by atoms with Crippen LogP contribution in [-0.4, -0.2) is 110 Å². The third-order valence-electron chi connectivity index (χ3n) is 10.5. The van der Waals surface area contributed by atoms with Gasteiger partial charge in [0.25, 0.3) is 5.56 Å². The second-order valence-corrected chi connectivity index (χ2v) is 15.4. The van der Waals surface area contributed by atoms with Crippen molar-refractivity contribution in [3.63, 3.8) is 0 Å². The highest BCUT2D eigenvalue weighted by Gasteiger charge is 2.38. The summed E-state index contributed by atoms with van der Waals surface area (Å²) < 4.78 is 74.8. The van der Waals surface area contributed by atoms with Crippen molar-refractivity contribution >= 4 is 38.3 Å². The standard InChI is InChI=1S/C42H51BrF3N5O7/c1-5-31-25-58-41-37(50(31)6-2)8-7-36-40(41)34(42(44,45)46)21-39(53)51(36)11-13-55-16-15-54-12-9-49-10-14-56-33(24-49)26-57-38-17-27(3)35(43)19-29(38)18-32(52)20-30-23-47-28(4)22-48-30/h7-8,17,19,21-23,31,33H,5-6,9-16,18,20,24-26H2,1-4H3/t31-,33+/m1/s1. The number of fused-ring (bicyclic) bond motifs is 3. The summed E-state index contributed by atoms with van der Waals surface area (Å²) >= 11 is 3.58. The number of carbonyl (C=O) groups excluding carboxylic acids is 1. The Labute approximate surface area is 344 Å². The number of alkyl halides is 3. The highest BCUT2D eigenvalue weighted by atomic mass is 79.9. The van der Waals surface area contributed by atoms with Crippen molar-refractivity contribution in [2.24, 2.45) is 0 Å². The molecule has 314 valence electrons. The first-order chi connectivity index (χ1) is 27.9. The number of morpholine rings is 1. The predicted octanol–water partition coefficient (Wildman–Crippen LogP) is 6.35. The van der Waals surface area contributed by atoms with Crippen molar-refractivity contribution in [1.82, 2.24) is 19.4 Å². The van der Waals surface area contributed by atoms with E-state index in [0.29, 0.717) is 69.3 Å². The summed E-state index contributed by atoms with van der Waals surface area (Å²) in [4.78, 5) is 38.8. The van der Waals surface area contributed by atoms with Gasteiger partial charge in [0.1, 0.15) is 30.9 Å². The number of halogens is 4. The minimum absolute atomic E-state index is 0.00903. The molecular weight excluding hydrogens is 823 g/mol. The number of carbonyl (C=O) groups is 1. The lowest BCUT2D eigenvalue weighted by Crippen LogP contribution is -2.46. The third-order valence-corrected chi connectivity index (χ3v) is 11.3. The van der Waals surface area contributed by atoms with Gasteiger partial charge >= 0.3 is 6.18 Å². The molecule has 0 bridgehead atoms. The van der Waals surface area contributed by atoms with Gasteiger partial charge in [-0.15, -0.1) is 0 Å². The van der Waals surface area contributed by atoms with Crippen LogP contribution >= 0.6 is 15.9 Å². The summed E-state index contributed by atoms with van der Waals surface area (Å²) in [5.41, 5.74) is 2.20. The van der Waals surface area contributed by atoms with Crippen LogP contribution in [0.5, 0.6) is 11.5 Å². The van der Waals surface area contributed by atoms with Crippen LogP contribution in [0.3, 0.4) is 0 Å². The molecule has 2 aliphatic rings. The predicted molar refractivity (Wildman–Crippen MR) is 217 cm³/mol. The Morgan fingerprint density at radius 3 is 2.48 bits per heavy atom. The second-order valence-electron chi connectivity index (χ2n) is 14.6. The Kier molecular flexibility index (Phi) is 14.8. The van der Waals surface area contributed by atoms with Crippen molar-refractivity contribution in [2.75, 3.05) is 77.3 Å². The van der Waals surface area contributed by atoms with E-state index in [-0.39, 0.29) is 73.8 Å². The monoisotopic (exact) mass is 873 g/mol. The highest BCUT2D eigenvalue weighted by Crippen LogP contribution is 2.45. The number of nitrogens with zero attached hydrogens (tertiary/aromatic N) is 5. The Hall–Kier alpha value is -4.09. The van der Waals surface area contributed by atoms with Gasteiger partial charge in [-0.25, -0.2) is 0 Å². The maximum absolute atomic E-state index is 14.3. The van der Waals surface area contributed by atoms with Crippen LogP contribution in [0.4, 0.5) is 18.9 Å². The molecule has 2 aliphatic heterocycles. The van der Waals surface area contributed by atoms with E-state index >= 15 is 0 Å². The number of aryl methyl sites for hydroxylation is 2. The van der Waals surface area contributed by atoms with Gasteiger partial charge in [0.05, 0.1) is 79.0 Å². The number of anilines is 1. The molecule has 12 nitrogen and oxygen atoms in total. The largest absolute Gasteiger partial charge is 0.491 e. The first-order valence-electron chi connectivity index (χ1n) is 19.7. The number of aromatic nitrogens is 3. The summed E-state index contributed by atoms with van der Waals surface area (Å²) in [5.74, 6) is 0.808. The number of Topliss-reactive ketones (excluding diaryl/α,β-unsaturated/α-hetero) is 1. The smallest absolute Gasteiger partial charge is 0.417 e. The zero-order valence-corrected chi connectivity index (χ0v) is 35.0. The number of likely N-dealkylation sites (N-methyl/N-ethyl adjacent to an activating group) is 1. The summed E-state index contributed by atoms with van der Waals surface area (Å²) in [6.07, 6.45) is -0.457. The molecule has 0 N–H and O–H groups in total. The Bertz CT molecular complexity index is 2100. The van der Waals surface area contributed by atoms with Crippen LogP contribution in [-0.2, 0) is 44.6 Å². The summed E-state index contributed by atoms with van der Waals surface area (Å²) in [5, 5.41) is -0.108. The van der Waals surface area contributed by atoms with Gasteiger partial charge in [-0.05, 0) is 57.0 Å². The van der Waals surface area contributed by atoms with Gasteiger partial charge in [-0.3, -0.25) is 24.5 Å². The molecule has 0 spiro atoms. The van der Waals surface area contributed by atoms with Crippen LogP contribution in [0.1, 0.15) is 48.3 Å². The Balaban J connectivity index is 0.953. The Morgan fingerprint density at radius 2 is 1.78 bits per heavy atom. The number of pyridine rings is 1. The molecule has 16 heteroatoms. The normalized spacial score (nSPS) is 17.3. The van der Waals surface area contributed by atoms with Crippen molar-refractivity contribution in [3.05, 3.63) is 85.6 Å². The van der Waals surface area contributed by atoms with E-state index in [2.05, 4.69) is 35.7 Å². The van der Waals surface area contributed by atoms with Crippen LogP contribution < -0.4 is 19.9 Å². The lowest BCUT2D eigenvalue weighted by atomic mass is 10.0. The summed E-state index contributed by atoms with van der Waals surface area (Å²) in [6.45, 7) is 12.8. The minimum atomic E-state index is -4.73. The van der Waals surface area contributed by atoms with E-state index in [9.17, 15) is 22.8 Å². The number of rotatable bonds is 18. The van der Waals surface area contributed by atoms with E-state index in [1.807, 2.05) is 39.8 Å². The van der Waals surface area contributed by atoms with Crippen LogP contribution in [0.15, 0.2) is 52.0 Å². The van der Waals surface area contributed by atoms with Gasteiger partial charge in [0.2, 0.25) is 0 Å². The Morgan fingerprint density at radius 1 is 1.00 bits per heavy atom. The molecular formula is C42H51BrF3N5O7. The summed E-state index contributed by atoms with van der Waals surface area (Å²) in [7, 11) is 0. The SMILES string of the molecule is CC[C@@H]1COc2c(ccc3c2c(C(F)(F)F)cc(=O)n3CCOCCOCCN2CCO[C@H](COc3cc(C)c(Br)cc3CC(=O)Cc3cnc(C)cn3)C2)N1CC. The van der Waals surface area contributed by atoms with Gasteiger partial charge in [-0.2, -0.15) is 13.2 Å². The third kappa shape index (κ3) is 10.7. The van der Waals surface area contributed by atoms with E-state index in [4.69, 9.17) is 23.7 Å². The molecule has 58 heavy (non-hydrogen) atoms. The van der Waals surface area contributed by atoms with Crippen LogP contribution in [0.25, 0.3) is 10.9 Å². The molecule has 0 amide bonds. The van der Waals surface area contributed by atoms with Crippen molar-refractivity contribution in [3.8, 4) is 11.5 Å². The van der Waals surface area contributed by atoms with Gasteiger partial charge in [0.15, 0.2) is 5.75 Å². The fourth-order valence-corrected chi connectivity index (χ4v) is 7.78. The maximum atomic E-state index is 14.3. The molecule has 0 aliphatic carbocycles. The van der Waals surface area contributed by atoms with Crippen molar-refractivity contribution < 1.29 is 41.7 Å². The number of ether oxygens (including phenoxy) is 5. The molecule has 0 saturated carbocycles. The average Bonchev–Trinajstić information content (AvgIpc) is 3.20. The van der Waals surface area contributed by atoms with Crippen LogP contribution in [0.2, 0.25) is 0 Å². The topological polar surface area (TPSA) is 117 Å². The second kappa shape index (κ2) is 19.8. The molecule has 1 fully saturated rings. The fourth-order valence-electron chi connectivity index (χ4n) is 7.39. The lowest BCUT2D eigenvalue weighted by molar-refractivity contribution is -0.136. The molecule has 2 aromatic heterocycles. The van der Waals surface area contributed by atoms with Crippen LogP contribution in [0, 0.1) is 13.8 Å². The molecule has 6 rings (SSSR count). The number of hydrogen-bond donors (Lipinski definition) is 0. The molecule has 2 atom stereocenters. The van der Waals surface area contributed by atoms with E-state index in [1.54, 1.807) is 24.5 Å². The average molecular weight is 875 g/mol. The van der Waals surface area contributed by atoms with Gasteiger partial charge < -0.3 is 33.2 Å². The maximum Gasteiger partial charge on any atom is 0.417 e. The van der Waals surface area contributed by atoms with Gasteiger partial charge in [0, 0.05) is 67.6 Å². The lowest BCUT2D eigenvalue weighted by Gasteiger charge is -2.38. The van der Waals surface area contributed by atoms with E-state index < -0.39 is 17.3 Å². The number of ketones is 1.